The van der Waals surface area contributed by atoms with Gasteiger partial charge in [0.2, 0.25) is 5.96 Å². The lowest BCUT2D eigenvalue weighted by atomic mass is 9.83. The Bertz CT molecular complexity index is 1160. The second kappa shape index (κ2) is 7.72. The average Bonchev–Trinajstić information content (AvgIpc) is 2.74. The Balaban J connectivity index is 1.77. The minimum atomic E-state index is -3.01. The lowest BCUT2D eigenvalue weighted by Crippen LogP contribution is -2.60. The van der Waals surface area contributed by atoms with Crippen molar-refractivity contribution in [1.82, 2.24) is 9.29 Å². The summed E-state index contributed by atoms with van der Waals surface area (Å²) in [5.74, 6) is 3.17. The molecule has 0 amide bonds. The van der Waals surface area contributed by atoms with Crippen molar-refractivity contribution in [3.63, 3.8) is 0 Å². The van der Waals surface area contributed by atoms with Crippen molar-refractivity contribution in [3.05, 3.63) is 64.7 Å². The molecule has 2 N–H and O–H groups in total. The Kier molecular flexibility index (Phi) is 5.35. The fourth-order valence-electron chi connectivity index (χ4n) is 4.13. The highest BCUT2D eigenvalue weighted by Crippen LogP contribution is 2.45. The van der Waals surface area contributed by atoms with E-state index in [9.17, 15) is 9.00 Å². The molecule has 3 atom stereocenters. The molecule has 1 fully saturated rings. The first-order valence-electron chi connectivity index (χ1n) is 9.97. The molecule has 1 saturated heterocycles. The predicted molar refractivity (Wildman–Crippen MR) is 119 cm³/mol. The van der Waals surface area contributed by atoms with Gasteiger partial charge in [0, 0.05) is 31.8 Å². The normalized spacial score (nSPS) is 28.0. The summed E-state index contributed by atoms with van der Waals surface area (Å²) in [7, 11) is -1.47. The van der Waals surface area contributed by atoms with Crippen molar-refractivity contribution in [2.24, 2.45) is 10.7 Å². The molecular formula is C22H25FN4O3S. The van der Waals surface area contributed by atoms with Gasteiger partial charge in [-0.2, -0.15) is 0 Å². The van der Waals surface area contributed by atoms with Crippen LogP contribution in [0.25, 0.3) is 0 Å². The lowest BCUT2D eigenvalue weighted by molar-refractivity contribution is 0.00367. The van der Waals surface area contributed by atoms with E-state index in [0.29, 0.717) is 30.7 Å². The summed E-state index contributed by atoms with van der Waals surface area (Å²) in [4.78, 5) is 21.4. The number of nitrogens with two attached hydrogens (primary N) is 1. The highest BCUT2D eigenvalue weighted by molar-refractivity contribution is 7.99. The fraction of sp³-hybridized carbons (Fsp3) is 0.364. The van der Waals surface area contributed by atoms with E-state index >= 15 is 4.39 Å². The Morgan fingerprint density at radius 1 is 1.42 bits per heavy atom. The molecule has 0 radical (unpaired) electrons. The minimum absolute atomic E-state index is 0.0199. The maximum Gasteiger partial charge on any atom is 0.203 e. The van der Waals surface area contributed by atoms with Crippen LogP contribution in [0, 0.1) is 12.7 Å². The first-order valence-corrected chi connectivity index (χ1v) is 11.7. The summed E-state index contributed by atoms with van der Waals surface area (Å²) < 4.78 is 35.7. The van der Waals surface area contributed by atoms with E-state index in [2.05, 4.69) is 15.8 Å². The molecule has 3 heterocycles. The first kappa shape index (κ1) is 21.5. The van der Waals surface area contributed by atoms with Crippen molar-refractivity contribution in [2.45, 2.75) is 37.2 Å². The number of guanidine groups is 1. The third-order valence-electron chi connectivity index (χ3n) is 5.86. The number of halogens is 1. The third-order valence-corrected chi connectivity index (χ3v) is 8.16. The van der Waals surface area contributed by atoms with Gasteiger partial charge in [0.15, 0.2) is 11.2 Å². The number of hydrogen-bond acceptors (Lipinski definition) is 6. The van der Waals surface area contributed by atoms with Crippen LogP contribution >= 0.6 is 0 Å². The largest absolute Gasteiger partial charge is 0.369 e. The molecule has 1 aromatic heterocycles. The number of ketones is 1. The summed E-state index contributed by atoms with van der Waals surface area (Å²) >= 11 is 0. The van der Waals surface area contributed by atoms with Crippen LogP contribution in [0.5, 0.6) is 0 Å². The quantitative estimate of drug-likeness (QED) is 0.576. The van der Waals surface area contributed by atoms with Crippen LogP contribution in [0.3, 0.4) is 0 Å². The predicted octanol–water partition coefficient (Wildman–Crippen LogP) is 2.18. The number of hydrogen-bond donors (Lipinski definition) is 1. The topological polar surface area (TPSA) is 97.9 Å². The first-order chi connectivity index (χ1) is 14.6. The number of pyridine rings is 1. The van der Waals surface area contributed by atoms with Gasteiger partial charge in [-0.05, 0) is 55.0 Å². The van der Waals surface area contributed by atoms with Crippen LogP contribution in [-0.2, 0) is 26.4 Å². The Morgan fingerprint density at radius 2 is 2.19 bits per heavy atom. The highest BCUT2D eigenvalue weighted by Gasteiger charge is 2.53. The molecule has 0 aliphatic carbocycles. The standard InChI is InChI=1S/C22H25FN4O3S/c1-14-5-8-18(25-13-14)19(28)12-15-6-7-17(23)16(11-15)22-9-4-10-30-20(22)31(3,29)27(2)21(24)26-22/h5-8,11,13,20H,3-4,9-10,12H2,1-2H3,(H2,24,26)/t20?,22-,31?/m1/s1. The molecule has 0 bridgehead atoms. The van der Waals surface area contributed by atoms with Crippen molar-refractivity contribution >= 4 is 27.3 Å². The summed E-state index contributed by atoms with van der Waals surface area (Å²) in [6.45, 7) is 2.27. The van der Waals surface area contributed by atoms with E-state index < -0.39 is 26.5 Å². The summed E-state index contributed by atoms with van der Waals surface area (Å²) in [5, 5.41) is 0. The van der Waals surface area contributed by atoms with Gasteiger partial charge in [-0.15, -0.1) is 0 Å². The maximum absolute atomic E-state index is 15.1. The molecule has 0 saturated carbocycles. The van der Waals surface area contributed by atoms with Crippen LogP contribution in [0.15, 0.2) is 41.5 Å². The number of carbonyl (C=O) groups is 1. The van der Waals surface area contributed by atoms with Crippen LogP contribution in [0.2, 0.25) is 0 Å². The van der Waals surface area contributed by atoms with Crippen LogP contribution in [0.4, 0.5) is 4.39 Å². The second-order valence-corrected chi connectivity index (χ2v) is 10.4. The SMILES string of the molecule is C=S1(=O)C2OCCC[C@]2(c2cc(CC(=O)c3ccc(C)cn3)ccc2F)N=C(N)N1C. The van der Waals surface area contributed by atoms with Gasteiger partial charge in [0.1, 0.15) is 17.1 Å². The maximum atomic E-state index is 15.1. The zero-order valence-electron chi connectivity index (χ0n) is 17.5. The van der Waals surface area contributed by atoms with E-state index in [1.807, 2.05) is 13.0 Å². The number of rotatable bonds is 4. The van der Waals surface area contributed by atoms with Crippen LogP contribution in [0.1, 0.15) is 40.0 Å². The van der Waals surface area contributed by atoms with Crippen molar-refractivity contribution < 1.29 is 18.1 Å². The monoisotopic (exact) mass is 444 g/mol. The minimum Gasteiger partial charge on any atom is -0.369 e. The summed E-state index contributed by atoms with van der Waals surface area (Å²) in [5.41, 5.74) is 5.95. The molecule has 2 aliphatic heterocycles. The number of fused-ring (bicyclic) bond motifs is 1. The molecule has 7 nitrogen and oxygen atoms in total. The Hall–Kier alpha value is -2.78. The van der Waals surface area contributed by atoms with E-state index in [-0.39, 0.29) is 23.7 Å². The van der Waals surface area contributed by atoms with Gasteiger partial charge in [0.05, 0.1) is 9.71 Å². The zero-order valence-corrected chi connectivity index (χ0v) is 18.3. The number of aliphatic imine (C=N–C) groups is 1. The van der Waals surface area contributed by atoms with Gasteiger partial charge in [-0.25, -0.2) is 13.6 Å². The Labute approximate surface area is 181 Å². The summed E-state index contributed by atoms with van der Waals surface area (Å²) in [6, 6.07) is 7.95. The molecule has 164 valence electrons. The van der Waals surface area contributed by atoms with Crippen molar-refractivity contribution in [1.29, 1.82) is 0 Å². The van der Waals surface area contributed by atoms with Gasteiger partial charge >= 0.3 is 0 Å². The molecule has 9 heteroatoms. The molecule has 2 unspecified atom stereocenters. The molecule has 1 aromatic carbocycles. The van der Waals surface area contributed by atoms with Gasteiger partial charge in [-0.1, -0.05) is 12.1 Å². The number of nitrogens with zero attached hydrogens (tertiary/aromatic N) is 3. The van der Waals surface area contributed by atoms with Crippen LogP contribution in [-0.4, -0.2) is 50.2 Å². The number of carbonyl (C=O) groups excluding carboxylic acids is 1. The molecule has 0 spiro atoms. The van der Waals surface area contributed by atoms with Gasteiger partial charge < -0.3 is 10.5 Å². The smallest absolute Gasteiger partial charge is 0.203 e. The number of aryl methyl sites for hydroxylation is 1. The highest BCUT2D eigenvalue weighted by atomic mass is 32.2. The third kappa shape index (κ3) is 3.61. The van der Waals surface area contributed by atoms with Gasteiger partial charge in [-0.3, -0.25) is 14.1 Å². The number of aromatic nitrogens is 1. The zero-order chi connectivity index (χ0) is 22.4. The molecule has 31 heavy (non-hydrogen) atoms. The average molecular weight is 445 g/mol. The van der Waals surface area contributed by atoms with Crippen molar-refractivity contribution in [2.75, 3.05) is 13.7 Å². The molecule has 2 aliphatic rings. The Morgan fingerprint density at radius 3 is 2.90 bits per heavy atom. The van der Waals surface area contributed by atoms with E-state index in [1.54, 1.807) is 24.4 Å². The number of ether oxygens (including phenoxy) is 1. The number of Topliss-reactive ketones (excluding diaryl/α,β-unsaturated/α-hetero) is 1. The molecular weight excluding hydrogens is 419 g/mol. The second-order valence-electron chi connectivity index (χ2n) is 8.02. The molecule has 2 aromatic rings. The molecule has 4 rings (SSSR count). The van der Waals surface area contributed by atoms with Crippen LogP contribution < -0.4 is 5.73 Å². The fourth-order valence-corrected chi connectivity index (χ4v) is 5.99. The van der Waals surface area contributed by atoms with E-state index in [4.69, 9.17) is 10.5 Å². The van der Waals surface area contributed by atoms with E-state index in [0.717, 1.165) is 5.56 Å². The lowest BCUT2D eigenvalue weighted by Gasteiger charge is -2.48. The summed E-state index contributed by atoms with van der Waals surface area (Å²) in [6.07, 6.45) is 2.69. The van der Waals surface area contributed by atoms with Gasteiger partial charge in [0.25, 0.3) is 0 Å². The van der Waals surface area contributed by atoms with Crippen molar-refractivity contribution in [3.8, 4) is 0 Å². The number of benzene rings is 1. The van der Waals surface area contributed by atoms with E-state index in [1.165, 1.54) is 17.4 Å².